The van der Waals surface area contributed by atoms with Gasteiger partial charge >= 0.3 is 0 Å². The Kier molecular flexibility index (Phi) is 6.49. The first-order valence-corrected chi connectivity index (χ1v) is 7.16. The van der Waals surface area contributed by atoms with E-state index >= 15 is 0 Å². The molecule has 1 fully saturated rings. The van der Waals surface area contributed by atoms with Crippen molar-refractivity contribution < 1.29 is 9.53 Å². The number of nitrogens with zero attached hydrogens (tertiary/aromatic N) is 1. The number of carbonyl (C=O) groups is 1. The molecule has 0 aliphatic carbocycles. The van der Waals surface area contributed by atoms with Gasteiger partial charge in [0.25, 0.3) is 0 Å². The fourth-order valence-electron chi connectivity index (χ4n) is 2.70. The van der Waals surface area contributed by atoms with E-state index in [0.717, 1.165) is 37.5 Å². The van der Waals surface area contributed by atoms with E-state index in [9.17, 15) is 4.79 Å². The van der Waals surface area contributed by atoms with Gasteiger partial charge in [-0.05, 0) is 18.1 Å². The number of halogens is 1. The zero-order valence-corrected chi connectivity index (χ0v) is 13.8. The monoisotopic (exact) mass is 312 g/mol. The average molecular weight is 313 g/mol. The van der Waals surface area contributed by atoms with Gasteiger partial charge in [-0.3, -0.25) is 4.79 Å². The lowest BCUT2D eigenvalue weighted by Crippen LogP contribution is -2.51. The number of hydrogen-bond donors (Lipinski definition) is 1. The summed E-state index contributed by atoms with van der Waals surface area (Å²) in [6, 6.07) is 7.92. The summed E-state index contributed by atoms with van der Waals surface area (Å²) in [5.41, 5.74) is 0.676. The summed E-state index contributed by atoms with van der Waals surface area (Å²) in [5, 5.41) is 3.28. The highest BCUT2D eigenvalue weighted by molar-refractivity contribution is 5.85. The third-order valence-corrected chi connectivity index (χ3v) is 3.81. The van der Waals surface area contributed by atoms with Gasteiger partial charge in [-0.15, -0.1) is 12.4 Å². The summed E-state index contributed by atoms with van der Waals surface area (Å²) >= 11 is 0. The van der Waals surface area contributed by atoms with Crippen LogP contribution in [-0.2, 0) is 11.2 Å². The van der Waals surface area contributed by atoms with E-state index in [4.69, 9.17) is 4.74 Å². The molecule has 1 N–H and O–H groups in total. The molecule has 0 atom stereocenters. The van der Waals surface area contributed by atoms with Crippen molar-refractivity contribution in [1.82, 2.24) is 10.2 Å². The molecule has 1 heterocycles. The highest BCUT2D eigenvalue weighted by Crippen LogP contribution is 2.29. The molecule has 1 amide bonds. The smallest absolute Gasteiger partial charge is 0.228 e. The van der Waals surface area contributed by atoms with Crippen LogP contribution in [0.4, 0.5) is 0 Å². The van der Waals surface area contributed by atoms with Gasteiger partial charge in [-0.1, -0.05) is 32.0 Å². The van der Waals surface area contributed by atoms with Crippen molar-refractivity contribution in [1.29, 1.82) is 0 Å². The molecular formula is C16H25ClN2O2. The van der Waals surface area contributed by atoms with E-state index in [2.05, 4.69) is 5.32 Å². The zero-order chi connectivity index (χ0) is 14.6. The first kappa shape index (κ1) is 17.8. The molecule has 5 heteroatoms. The lowest BCUT2D eigenvalue weighted by Gasteiger charge is -2.35. The molecule has 1 aliphatic heterocycles. The molecule has 0 bridgehead atoms. The van der Waals surface area contributed by atoms with Crippen molar-refractivity contribution in [2.45, 2.75) is 20.3 Å². The second-order valence-electron chi connectivity index (χ2n) is 5.91. The maximum absolute atomic E-state index is 12.7. The third kappa shape index (κ3) is 4.35. The van der Waals surface area contributed by atoms with Gasteiger partial charge < -0.3 is 15.0 Å². The van der Waals surface area contributed by atoms with Crippen LogP contribution in [0.3, 0.4) is 0 Å². The van der Waals surface area contributed by atoms with Gasteiger partial charge in [0.2, 0.25) is 5.91 Å². The van der Waals surface area contributed by atoms with Gasteiger partial charge in [-0.2, -0.15) is 0 Å². The molecule has 118 valence electrons. The molecule has 0 radical (unpaired) electrons. The van der Waals surface area contributed by atoms with E-state index in [1.54, 1.807) is 7.11 Å². The molecule has 1 aromatic carbocycles. The quantitative estimate of drug-likeness (QED) is 0.926. The average Bonchev–Trinajstić information content (AvgIpc) is 2.47. The molecule has 1 aliphatic rings. The normalized spacial score (nSPS) is 15.3. The second-order valence-corrected chi connectivity index (χ2v) is 5.91. The SMILES string of the molecule is COc1ccccc1CC(C)(C)C(=O)N1CCNCC1.Cl. The van der Waals surface area contributed by atoms with Gasteiger partial charge in [0.15, 0.2) is 0 Å². The van der Waals surface area contributed by atoms with Crippen molar-refractivity contribution in [3.63, 3.8) is 0 Å². The Hall–Kier alpha value is -1.26. The lowest BCUT2D eigenvalue weighted by atomic mass is 9.83. The largest absolute Gasteiger partial charge is 0.496 e. The predicted octanol–water partition coefficient (Wildman–Crippen LogP) is 2.12. The van der Waals surface area contributed by atoms with Crippen LogP contribution in [-0.4, -0.2) is 44.1 Å². The Balaban J connectivity index is 0.00000220. The highest BCUT2D eigenvalue weighted by atomic mass is 35.5. The van der Waals surface area contributed by atoms with Gasteiger partial charge in [0.05, 0.1) is 7.11 Å². The maximum atomic E-state index is 12.7. The van der Waals surface area contributed by atoms with E-state index < -0.39 is 5.41 Å². The number of rotatable bonds is 4. The first-order chi connectivity index (χ1) is 9.54. The number of piperazine rings is 1. The number of carbonyl (C=O) groups excluding carboxylic acids is 1. The fraction of sp³-hybridized carbons (Fsp3) is 0.562. The molecule has 21 heavy (non-hydrogen) atoms. The molecule has 0 saturated carbocycles. The van der Waals surface area contributed by atoms with Crippen molar-refractivity contribution in [3.8, 4) is 5.75 Å². The molecule has 1 aromatic rings. The minimum absolute atomic E-state index is 0. The van der Waals surface area contributed by atoms with Crippen molar-refractivity contribution in [2.75, 3.05) is 33.3 Å². The van der Waals surface area contributed by atoms with Crippen molar-refractivity contribution in [2.24, 2.45) is 5.41 Å². The molecule has 0 aromatic heterocycles. The van der Waals surface area contributed by atoms with Gasteiger partial charge in [-0.25, -0.2) is 0 Å². The van der Waals surface area contributed by atoms with Gasteiger partial charge in [0.1, 0.15) is 5.75 Å². The van der Waals surface area contributed by atoms with Crippen LogP contribution < -0.4 is 10.1 Å². The third-order valence-electron chi connectivity index (χ3n) is 3.81. The molecule has 0 unspecified atom stereocenters. The number of benzene rings is 1. The second kappa shape index (κ2) is 7.66. The molecule has 0 spiro atoms. The van der Waals surface area contributed by atoms with Crippen LogP contribution in [0.2, 0.25) is 0 Å². The molecule has 1 saturated heterocycles. The summed E-state index contributed by atoms with van der Waals surface area (Å²) in [4.78, 5) is 14.6. The first-order valence-electron chi connectivity index (χ1n) is 7.16. The van der Waals surface area contributed by atoms with Crippen LogP contribution in [0.25, 0.3) is 0 Å². The summed E-state index contributed by atoms with van der Waals surface area (Å²) in [7, 11) is 1.67. The van der Waals surface area contributed by atoms with E-state index in [0.29, 0.717) is 6.42 Å². The van der Waals surface area contributed by atoms with Crippen LogP contribution in [0.15, 0.2) is 24.3 Å². The Labute approximate surface area is 133 Å². The number of nitrogens with one attached hydrogen (secondary N) is 1. The zero-order valence-electron chi connectivity index (χ0n) is 13.0. The van der Waals surface area contributed by atoms with Crippen molar-refractivity contribution >= 4 is 18.3 Å². The van der Waals surface area contributed by atoms with Crippen LogP contribution in [0.5, 0.6) is 5.75 Å². The number of amides is 1. The number of hydrogen-bond acceptors (Lipinski definition) is 3. The van der Waals surface area contributed by atoms with Crippen molar-refractivity contribution in [3.05, 3.63) is 29.8 Å². The maximum Gasteiger partial charge on any atom is 0.228 e. The van der Waals surface area contributed by atoms with Crippen LogP contribution >= 0.6 is 12.4 Å². The Morgan fingerprint density at radius 2 is 1.90 bits per heavy atom. The van der Waals surface area contributed by atoms with Gasteiger partial charge in [0, 0.05) is 31.6 Å². The summed E-state index contributed by atoms with van der Waals surface area (Å²) < 4.78 is 5.38. The fourth-order valence-corrected chi connectivity index (χ4v) is 2.70. The predicted molar refractivity (Wildman–Crippen MR) is 87.2 cm³/mol. The number of ether oxygens (including phenoxy) is 1. The number of methoxy groups -OCH3 is 1. The van der Waals surface area contributed by atoms with E-state index in [1.165, 1.54) is 0 Å². The van der Waals surface area contributed by atoms with Crippen LogP contribution in [0.1, 0.15) is 19.4 Å². The minimum Gasteiger partial charge on any atom is -0.496 e. The summed E-state index contributed by atoms with van der Waals surface area (Å²) in [6.45, 7) is 7.41. The topological polar surface area (TPSA) is 41.6 Å². The summed E-state index contributed by atoms with van der Waals surface area (Å²) in [6.07, 6.45) is 0.694. The van der Waals surface area contributed by atoms with Crippen LogP contribution in [0, 0.1) is 5.41 Å². The van der Waals surface area contributed by atoms with E-state index in [1.807, 2.05) is 43.0 Å². The highest BCUT2D eigenvalue weighted by Gasteiger charge is 2.33. The standard InChI is InChI=1S/C16H24N2O2.ClH/c1-16(2,15(19)18-10-8-17-9-11-18)12-13-6-4-5-7-14(13)20-3;/h4-7,17H,8-12H2,1-3H3;1H. The lowest BCUT2D eigenvalue weighted by molar-refractivity contribution is -0.140. The Bertz CT molecular complexity index is 471. The number of para-hydroxylation sites is 1. The Morgan fingerprint density at radius 3 is 2.52 bits per heavy atom. The Morgan fingerprint density at radius 1 is 1.29 bits per heavy atom. The molecular weight excluding hydrogens is 288 g/mol. The minimum atomic E-state index is -0.411. The summed E-state index contributed by atoms with van der Waals surface area (Å²) in [5.74, 6) is 1.08. The van der Waals surface area contributed by atoms with E-state index in [-0.39, 0.29) is 18.3 Å². The molecule has 2 rings (SSSR count). The molecule has 4 nitrogen and oxygen atoms in total.